The Morgan fingerprint density at radius 1 is 1.17 bits per heavy atom. The van der Waals surface area contributed by atoms with E-state index in [1.54, 1.807) is 6.07 Å². The third kappa shape index (κ3) is 3.42. The van der Waals surface area contributed by atoms with Crippen molar-refractivity contribution in [2.24, 2.45) is 23.7 Å². The number of fused-ring (bicyclic) bond motifs is 2. The van der Waals surface area contributed by atoms with Gasteiger partial charge in [-0.2, -0.15) is 0 Å². The number of halogens is 1. The van der Waals surface area contributed by atoms with Crippen LogP contribution in [0.2, 0.25) is 5.02 Å². The summed E-state index contributed by atoms with van der Waals surface area (Å²) in [4.78, 5) is 23.9. The highest BCUT2D eigenvalue weighted by atomic mass is 35.5. The van der Waals surface area contributed by atoms with E-state index in [2.05, 4.69) is 5.32 Å². The minimum absolute atomic E-state index is 0.00840. The van der Waals surface area contributed by atoms with Gasteiger partial charge in [-0.05, 0) is 48.8 Å². The molecule has 0 spiro atoms. The van der Waals surface area contributed by atoms with Crippen LogP contribution < -0.4 is 10.4 Å². The molecule has 0 aliphatic heterocycles. The van der Waals surface area contributed by atoms with Crippen molar-refractivity contribution in [3.05, 3.63) is 47.0 Å². The first-order chi connectivity index (χ1) is 11.1. The van der Waals surface area contributed by atoms with Gasteiger partial charge in [0.05, 0.1) is 5.92 Å². The predicted octanol–water partition coefficient (Wildman–Crippen LogP) is 1.58. The van der Waals surface area contributed by atoms with Crippen molar-refractivity contribution in [1.82, 2.24) is 5.32 Å². The molecule has 122 valence electrons. The maximum atomic E-state index is 12.5. The summed E-state index contributed by atoms with van der Waals surface area (Å²) >= 11 is 5.94. The Morgan fingerprint density at radius 2 is 1.87 bits per heavy atom. The molecule has 23 heavy (non-hydrogen) atoms. The minimum atomic E-state index is -1.11. The normalized spacial score (nSPS) is 28.6. The van der Waals surface area contributed by atoms with Crippen LogP contribution in [-0.2, 0) is 16.0 Å². The molecule has 0 aromatic heterocycles. The Labute approximate surface area is 140 Å². The van der Waals surface area contributed by atoms with E-state index in [0.29, 0.717) is 18.0 Å². The molecule has 1 amide bonds. The molecular formula is C18H19ClNO3-. The smallest absolute Gasteiger partial charge is 0.224 e. The fourth-order valence-corrected chi connectivity index (χ4v) is 4.03. The number of carboxylic acid groups (broad SMARTS) is 1. The molecule has 3 aliphatic rings. The van der Waals surface area contributed by atoms with Crippen molar-refractivity contribution in [2.75, 3.05) is 6.54 Å². The molecule has 2 bridgehead atoms. The topological polar surface area (TPSA) is 69.2 Å². The van der Waals surface area contributed by atoms with Gasteiger partial charge in [-0.15, -0.1) is 0 Å². The molecule has 0 heterocycles. The van der Waals surface area contributed by atoms with Crippen molar-refractivity contribution < 1.29 is 14.7 Å². The van der Waals surface area contributed by atoms with Gasteiger partial charge in [-0.3, -0.25) is 4.79 Å². The maximum Gasteiger partial charge on any atom is 0.224 e. The lowest BCUT2D eigenvalue weighted by Crippen LogP contribution is -2.52. The van der Waals surface area contributed by atoms with Crippen LogP contribution in [0.3, 0.4) is 0 Å². The van der Waals surface area contributed by atoms with Crippen LogP contribution in [0, 0.1) is 23.7 Å². The number of carbonyl (C=O) groups is 2. The second-order valence-corrected chi connectivity index (χ2v) is 6.77. The standard InChI is InChI=1S/C18H20ClNO3/c19-14-3-1-2-11(10-14)8-9-20-17(21)15-12-4-6-13(7-5-12)16(15)18(22)23/h1-4,6,10,12-13,15-16H,5,7-9H2,(H,20,21)(H,22,23)/p-1/t12-,13-,15+,16+/m1/s1. The average Bonchev–Trinajstić information content (AvgIpc) is 2.55. The third-order valence-electron chi connectivity index (χ3n) is 4.93. The zero-order valence-corrected chi connectivity index (χ0v) is 13.5. The van der Waals surface area contributed by atoms with Crippen molar-refractivity contribution >= 4 is 23.5 Å². The highest BCUT2D eigenvalue weighted by Gasteiger charge is 2.44. The highest BCUT2D eigenvalue weighted by molar-refractivity contribution is 6.30. The van der Waals surface area contributed by atoms with E-state index in [1.807, 2.05) is 30.4 Å². The van der Waals surface area contributed by atoms with Gasteiger partial charge in [-0.25, -0.2) is 0 Å². The van der Waals surface area contributed by atoms with Crippen LogP contribution in [0.15, 0.2) is 36.4 Å². The number of allylic oxidation sites excluding steroid dienone is 2. The molecule has 4 nitrogen and oxygen atoms in total. The zero-order valence-electron chi connectivity index (χ0n) is 12.7. The maximum absolute atomic E-state index is 12.5. The monoisotopic (exact) mass is 332 g/mol. The van der Waals surface area contributed by atoms with E-state index in [1.165, 1.54) is 0 Å². The fourth-order valence-electron chi connectivity index (χ4n) is 3.81. The number of amides is 1. The summed E-state index contributed by atoms with van der Waals surface area (Å²) in [6.45, 7) is 0.469. The lowest BCUT2D eigenvalue weighted by atomic mass is 9.62. The van der Waals surface area contributed by atoms with Crippen LogP contribution in [0.5, 0.6) is 0 Å². The third-order valence-corrected chi connectivity index (χ3v) is 5.16. The molecule has 1 aromatic rings. The fraction of sp³-hybridized carbons (Fsp3) is 0.444. The molecule has 0 unspecified atom stereocenters. The van der Waals surface area contributed by atoms with Crippen molar-refractivity contribution in [2.45, 2.75) is 19.3 Å². The molecule has 4 atom stereocenters. The van der Waals surface area contributed by atoms with Gasteiger partial charge >= 0.3 is 0 Å². The number of hydrogen-bond acceptors (Lipinski definition) is 3. The quantitative estimate of drug-likeness (QED) is 0.832. The molecule has 1 saturated carbocycles. The number of aliphatic carboxylic acids is 1. The van der Waals surface area contributed by atoms with Gasteiger partial charge in [0.1, 0.15) is 0 Å². The Bertz CT molecular complexity index is 643. The number of carbonyl (C=O) groups excluding carboxylic acids is 2. The molecular weight excluding hydrogens is 314 g/mol. The molecule has 1 fully saturated rings. The Hall–Kier alpha value is -1.81. The second kappa shape index (κ2) is 6.75. The van der Waals surface area contributed by atoms with Crippen molar-refractivity contribution in [3.8, 4) is 0 Å². The van der Waals surface area contributed by atoms with Gasteiger partial charge in [0.15, 0.2) is 0 Å². The summed E-state index contributed by atoms with van der Waals surface area (Å²) in [5.74, 6) is -2.57. The lowest BCUT2D eigenvalue weighted by molar-refractivity contribution is -0.316. The van der Waals surface area contributed by atoms with Gasteiger partial charge in [0.2, 0.25) is 5.91 Å². The summed E-state index contributed by atoms with van der Waals surface area (Å²) < 4.78 is 0. The summed E-state index contributed by atoms with van der Waals surface area (Å²) in [5.41, 5.74) is 1.04. The van der Waals surface area contributed by atoms with Crippen molar-refractivity contribution in [1.29, 1.82) is 0 Å². The predicted molar refractivity (Wildman–Crippen MR) is 85.5 cm³/mol. The van der Waals surface area contributed by atoms with Crippen LogP contribution in [-0.4, -0.2) is 18.4 Å². The molecule has 5 heteroatoms. The summed E-state index contributed by atoms with van der Waals surface area (Å²) in [7, 11) is 0. The Balaban J connectivity index is 1.61. The molecule has 1 N–H and O–H groups in total. The molecule has 3 aliphatic carbocycles. The van der Waals surface area contributed by atoms with E-state index >= 15 is 0 Å². The number of hydrogen-bond donors (Lipinski definition) is 1. The van der Waals surface area contributed by atoms with Crippen LogP contribution in [0.4, 0.5) is 0 Å². The lowest BCUT2D eigenvalue weighted by Gasteiger charge is -2.44. The van der Waals surface area contributed by atoms with E-state index in [-0.39, 0.29) is 17.7 Å². The summed E-state index contributed by atoms with van der Waals surface area (Å²) in [6, 6.07) is 7.49. The SMILES string of the molecule is O=C([O-])[C@@H]1[C@@H](C(=O)NCCc2cccc(Cl)c2)[C@@H]2C=C[C@@H]1CC2. The first kappa shape index (κ1) is 16.1. The molecule has 4 rings (SSSR count). The number of rotatable bonds is 5. The van der Waals surface area contributed by atoms with Crippen molar-refractivity contribution in [3.63, 3.8) is 0 Å². The Kier molecular flexibility index (Phi) is 4.71. The van der Waals surface area contributed by atoms with E-state index < -0.39 is 17.8 Å². The van der Waals surface area contributed by atoms with E-state index in [9.17, 15) is 14.7 Å². The van der Waals surface area contributed by atoms with Crippen LogP contribution in [0.25, 0.3) is 0 Å². The minimum Gasteiger partial charge on any atom is -0.550 e. The highest BCUT2D eigenvalue weighted by Crippen LogP contribution is 2.44. The largest absolute Gasteiger partial charge is 0.550 e. The van der Waals surface area contributed by atoms with Gasteiger partial charge in [-0.1, -0.05) is 35.9 Å². The van der Waals surface area contributed by atoms with Gasteiger partial charge < -0.3 is 15.2 Å². The van der Waals surface area contributed by atoms with Crippen LogP contribution >= 0.6 is 11.6 Å². The summed E-state index contributed by atoms with van der Waals surface area (Å²) in [6.07, 6.45) is 6.29. The average molecular weight is 333 g/mol. The summed E-state index contributed by atoms with van der Waals surface area (Å²) in [5, 5.41) is 15.0. The number of nitrogens with one attached hydrogen (secondary N) is 1. The zero-order chi connectivity index (χ0) is 16.4. The van der Waals surface area contributed by atoms with E-state index in [0.717, 1.165) is 18.4 Å². The van der Waals surface area contributed by atoms with Gasteiger partial charge in [0.25, 0.3) is 0 Å². The molecule has 0 saturated heterocycles. The molecule has 0 radical (unpaired) electrons. The first-order valence-corrected chi connectivity index (χ1v) is 8.35. The van der Waals surface area contributed by atoms with Crippen LogP contribution in [0.1, 0.15) is 18.4 Å². The second-order valence-electron chi connectivity index (χ2n) is 6.33. The number of benzene rings is 1. The molecule has 1 aromatic carbocycles. The Morgan fingerprint density at radius 3 is 2.48 bits per heavy atom. The van der Waals surface area contributed by atoms with E-state index in [4.69, 9.17) is 11.6 Å². The van der Waals surface area contributed by atoms with Gasteiger partial charge in [0, 0.05) is 23.5 Å². The first-order valence-electron chi connectivity index (χ1n) is 7.97. The number of carboxylic acids is 1.